The van der Waals surface area contributed by atoms with Crippen molar-refractivity contribution in [3.05, 3.63) is 29.8 Å². The van der Waals surface area contributed by atoms with Crippen LogP contribution in [-0.4, -0.2) is 36.9 Å². The molecule has 1 aliphatic heterocycles. The molecule has 0 spiro atoms. The van der Waals surface area contributed by atoms with E-state index in [1.807, 2.05) is 43.1 Å². The van der Waals surface area contributed by atoms with Crippen LogP contribution in [0.3, 0.4) is 0 Å². The molecule has 4 heteroatoms. The number of carboxylic acid groups (broad SMARTS) is 1. The lowest BCUT2D eigenvalue weighted by Gasteiger charge is -2.42. The van der Waals surface area contributed by atoms with Gasteiger partial charge in [-0.15, -0.1) is 0 Å². The third kappa shape index (κ3) is 2.20. The number of aliphatic carboxylic acids is 1. The normalized spacial score (nSPS) is 18.3. The number of carbonyl (C=O) groups is 1. The van der Waals surface area contributed by atoms with Crippen LogP contribution in [-0.2, 0) is 9.53 Å². The molecule has 0 aliphatic carbocycles. The molecule has 1 heterocycles. The number of rotatable bonds is 3. The third-order valence-electron chi connectivity index (χ3n) is 3.75. The predicted molar refractivity (Wildman–Crippen MR) is 70.0 cm³/mol. The molecule has 0 aromatic heterocycles. The first kappa shape index (κ1) is 12.9. The number of aryl methyl sites for hydroxylation is 1. The summed E-state index contributed by atoms with van der Waals surface area (Å²) in [5.41, 5.74) is 1.23. The maximum absolute atomic E-state index is 11.7. The molecular formula is C14H19NO3. The summed E-state index contributed by atoms with van der Waals surface area (Å²) in [6.45, 7) is 3.01. The van der Waals surface area contributed by atoms with Crippen molar-refractivity contribution in [3.63, 3.8) is 0 Å². The van der Waals surface area contributed by atoms with Gasteiger partial charge in [-0.05, 0) is 24.6 Å². The highest BCUT2D eigenvalue weighted by atomic mass is 16.5. The largest absolute Gasteiger partial charge is 0.479 e. The highest BCUT2D eigenvalue weighted by molar-refractivity contribution is 5.83. The average molecular weight is 249 g/mol. The minimum absolute atomic E-state index is 0.502. The summed E-state index contributed by atoms with van der Waals surface area (Å²) in [7, 11) is 1.86. The van der Waals surface area contributed by atoms with Crippen LogP contribution in [0.2, 0.25) is 0 Å². The van der Waals surface area contributed by atoms with E-state index in [1.54, 1.807) is 0 Å². The second-order valence-corrected chi connectivity index (χ2v) is 4.85. The summed E-state index contributed by atoms with van der Waals surface area (Å²) in [4.78, 5) is 13.6. The average Bonchev–Trinajstić information content (AvgIpc) is 2.38. The lowest BCUT2D eigenvalue weighted by molar-refractivity contribution is -0.147. The highest BCUT2D eigenvalue weighted by Crippen LogP contribution is 2.32. The highest BCUT2D eigenvalue weighted by Gasteiger charge is 2.44. The Morgan fingerprint density at radius 3 is 2.61 bits per heavy atom. The summed E-state index contributed by atoms with van der Waals surface area (Å²) in [6.07, 6.45) is 1.04. The summed E-state index contributed by atoms with van der Waals surface area (Å²) in [6, 6.07) is 7.93. The first-order valence-corrected chi connectivity index (χ1v) is 6.18. The van der Waals surface area contributed by atoms with E-state index in [2.05, 4.69) is 0 Å². The van der Waals surface area contributed by atoms with Gasteiger partial charge in [0.2, 0.25) is 0 Å². The van der Waals surface area contributed by atoms with Crippen molar-refractivity contribution in [1.82, 2.24) is 0 Å². The first-order chi connectivity index (χ1) is 8.56. The molecule has 1 saturated heterocycles. The van der Waals surface area contributed by atoms with Crippen LogP contribution in [0.5, 0.6) is 0 Å². The molecule has 1 fully saturated rings. The number of nitrogens with zero attached hydrogens (tertiary/aromatic N) is 1. The van der Waals surface area contributed by atoms with Gasteiger partial charge in [0.05, 0.1) is 0 Å². The number of carboxylic acids is 1. The van der Waals surface area contributed by atoms with Crippen LogP contribution < -0.4 is 4.90 Å². The zero-order chi connectivity index (χ0) is 13.2. The van der Waals surface area contributed by atoms with Crippen molar-refractivity contribution in [2.24, 2.45) is 0 Å². The topological polar surface area (TPSA) is 49.8 Å². The van der Waals surface area contributed by atoms with Crippen molar-refractivity contribution in [3.8, 4) is 0 Å². The van der Waals surface area contributed by atoms with Crippen molar-refractivity contribution in [1.29, 1.82) is 0 Å². The maximum Gasteiger partial charge on any atom is 0.329 e. The molecule has 1 aromatic rings. The Morgan fingerprint density at radius 1 is 1.39 bits per heavy atom. The fraction of sp³-hybridized carbons (Fsp3) is 0.500. The first-order valence-electron chi connectivity index (χ1n) is 6.18. The number of hydrogen-bond donors (Lipinski definition) is 1. The SMILES string of the molecule is Cc1cccc(N(C)C2(C(=O)O)CCOCC2)c1. The van der Waals surface area contributed by atoms with Gasteiger partial charge in [0.25, 0.3) is 0 Å². The molecule has 1 aliphatic rings. The Hall–Kier alpha value is -1.55. The molecule has 1 aromatic carbocycles. The van der Waals surface area contributed by atoms with E-state index in [-0.39, 0.29) is 0 Å². The fourth-order valence-electron chi connectivity index (χ4n) is 2.49. The molecule has 1 N–H and O–H groups in total. The van der Waals surface area contributed by atoms with E-state index in [9.17, 15) is 9.90 Å². The predicted octanol–water partition coefficient (Wildman–Crippen LogP) is 2.07. The van der Waals surface area contributed by atoms with Gasteiger partial charge in [0.15, 0.2) is 0 Å². The zero-order valence-corrected chi connectivity index (χ0v) is 10.8. The molecule has 18 heavy (non-hydrogen) atoms. The second-order valence-electron chi connectivity index (χ2n) is 4.85. The van der Waals surface area contributed by atoms with E-state index >= 15 is 0 Å². The minimum atomic E-state index is -0.841. The Labute approximate surface area is 107 Å². The number of likely N-dealkylation sites (N-methyl/N-ethyl adjacent to an activating group) is 1. The molecular weight excluding hydrogens is 230 g/mol. The molecule has 0 radical (unpaired) electrons. The van der Waals surface area contributed by atoms with Gasteiger partial charge < -0.3 is 14.7 Å². The van der Waals surface area contributed by atoms with E-state index in [0.29, 0.717) is 26.1 Å². The Bertz CT molecular complexity index is 438. The zero-order valence-electron chi connectivity index (χ0n) is 10.8. The molecule has 0 unspecified atom stereocenters. The molecule has 2 rings (SSSR count). The molecule has 0 bridgehead atoms. The van der Waals surface area contributed by atoms with Crippen LogP contribution in [0, 0.1) is 6.92 Å². The lowest BCUT2D eigenvalue weighted by atomic mass is 9.88. The molecule has 0 amide bonds. The van der Waals surface area contributed by atoms with Gasteiger partial charge in [-0.3, -0.25) is 0 Å². The minimum Gasteiger partial charge on any atom is -0.479 e. The summed E-state index contributed by atoms with van der Waals surface area (Å²) >= 11 is 0. The fourth-order valence-corrected chi connectivity index (χ4v) is 2.49. The number of hydrogen-bond acceptors (Lipinski definition) is 3. The van der Waals surface area contributed by atoms with Crippen LogP contribution in [0.15, 0.2) is 24.3 Å². The number of anilines is 1. The molecule has 0 atom stereocenters. The smallest absolute Gasteiger partial charge is 0.329 e. The summed E-state index contributed by atoms with van der Waals surface area (Å²) < 4.78 is 5.29. The van der Waals surface area contributed by atoms with Gasteiger partial charge in [-0.25, -0.2) is 4.79 Å². The van der Waals surface area contributed by atoms with Crippen molar-refractivity contribution in [2.45, 2.75) is 25.3 Å². The van der Waals surface area contributed by atoms with Gasteiger partial charge in [-0.1, -0.05) is 12.1 Å². The van der Waals surface area contributed by atoms with Gasteiger partial charge in [0.1, 0.15) is 5.54 Å². The van der Waals surface area contributed by atoms with Gasteiger partial charge in [0, 0.05) is 38.8 Å². The molecule has 0 saturated carbocycles. The van der Waals surface area contributed by atoms with E-state index in [1.165, 1.54) is 0 Å². The monoisotopic (exact) mass is 249 g/mol. The van der Waals surface area contributed by atoms with Gasteiger partial charge in [-0.2, -0.15) is 0 Å². The second kappa shape index (κ2) is 4.98. The van der Waals surface area contributed by atoms with Crippen molar-refractivity contribution < 1.29 is 14.6 Å². The Morgan fingerprint density at radius 2 is 2.06 bits per heavy atom. The lowest BCUT2D eigenvalue weighted by Crippen LogP contribution is -2.56. The van der Waals surface area contributed by atoms with Crippen LogP contribution in [0.25, 0.3) is 0 Å². The van der Waals surface area contributed by atoms with Crippen molar-refractivity contribution in [2.75, 3.05) is 25.2 Å². The molecule has 4 nitrogen and oxygen atoms in total. The maximum atomic E-state index is 11.7. The summed E-state index contributed by atoms with van der Waals surface area (Å²) in [5.74, 6) is -0.769. The number of ether oxygens (including phenoxy) is 1. The summed E-state index contributed by atoms with van der Waals surface area (Å²) in [5, 5.41) is 9.59. The third-order valence-corrected chi connectivity index (χ3v) is 3.75. The van der Waals surface area contributed by atoms with E-state index in [0.717, 1.165) is 11.3 Å². The Kier molecular flexibility index (Phi) is 3.57. The standard InChI is InChI=1S/C14H19NO3/c1-11-4-3-5-12(10-11)15(2)14(13(16)17)6-8-18-9-7-14/h3-5,10H,6-9H2,1-2H3,(H,16,17). The van der Waals surface area contributed by atoms with E-state index in [4.69, 9.17) is 4.74 Å². The van der Waals surface area contributed by atoms with E-state index < -0.39 is 11.5 Å². The van der Waals surface area contributed by atoms with Crippen LogP contribution in [0.1, 0.15) is 18.4 Å². The van der Waals surface area contributed by atoms with Crippen molar-refractivity contribution >= 4 is 11.7 Å². The quantitative estimate of drug-likeness (QED) is 0.891. The van der Waals surface area contributed by atoms with Crippen LogP contribution in [0.4, 0.5) is 5.69 Å². The number of benzene rings is 1. The molecule has 98 valence electrons. The van der Waals surface area contributed by atoms with Crippen LogP contribution >= 0.6 is 0 Å². The van der Waals surface area contributed by atoms with Gasteiger partial charge >= 0.3 is 5.97 Å². The Balaban J connectivity index is 2.34.